The standard InChI is InChI=1S/C21H23FN4O3/c1-12-6-7-17(22)20-19(12)16(13(2)25-20)8-9-24-18(27)11-29-15-5-3-4-14(10-15)26-21(23)28/h3-7,10,25H,8-9,11H2,1-2H3,(H,24,27)(H3,23,26,28). The molecule has 0 unspecified atom stereocenters. The number of amides is 3. The zero-order valence-corrected chi connectivity index (χ0v) is 16.3. The number of aromatic amines is 1. The Balaban J connectivity index is 1.55. The number of hydrogen-bond acceptors (Lipinski definition) is 3. The van der Waals surface area contributed by atoms with Crippen molar-refractivity contribution in [3.05, 3.63) is 59.0 Å². The van der Waals surface area contributed by atoms with E-state index in [1.807, 2.05) is 13.8 Å². The van der Waals surface area contributed by atoms with Gasteiger partial charge in [-0.05, 0) is 49.6 Å². The predicted octanol–water partition coefficient (Wildman–Crippen LogP) is 3.15. The van der Waals surface area contributed by atoms with Gasteiger partial charge in [0.15, 0.2) is 6.61 Å². The average molecular weight is 398 g/mol. The van der Waals surface area contributed by atoms with E-state index in [1.165, 1.54) is 6.07 Å². The van der Waals surface area contributed by atoms with Crippen molar-refractivity contribution in [3.8, 4) is 5.75 Å². The van der Waals surface area contributed by atoms with E-state index in [9.17, 15) is 14.0 Å². The molecule has 0 saturated heterocycles. The molecule has 1 aromatic heterocycles. The number of carbonyl (C=O) groups excluding carboxylic acids is 2. The number of H-pyrrole nitrogens is 1. The van der Waals surface area contributed by atoms with Gasteiger partial charge >= 0.3 is 6.03 Å². The van der Waals surface area contributed by atoms with Crippen molar-refractivity contribution in [2.45, 2.75) is 20.3 Å². The van der Waals surface area contributed by atoms with Gasteiger partial charge in [-0.15, -0.1) is 0 Å². The van der Waals surface area contributed by atoms with Crippen LogP contribution in [-0.2, 0) is 11.2 Å². The molecule has 2 aromatic carbocycles. The van der Waals surface area contributed by atoms with Gasteiger partial charge in [0.05, 0.1) is 5.52 Å². The lowest BCUT2D eigenvalue weighted by Crippen LogP contribution is -2.30. The molecule has 0 spiro atoms. The fraction of sp³-hybridized carbons (Fsp3) is 0.238. The fourth-order valence-corrected chi connectivity index (χ4v) is 3.29. The van der Waals surface area contributed by atoms with Gasteiger partial charge in [0.25, 0.3) is 5.91 Å². The number of benzene rings is 2. The van der Waals surface area contributed by atoms with Crippen molar-refractivity contribution in [1.29, 1.82) is 0 Å². The summed E-state index contributed by atoms with van der Waals surface area (Å²) in [5.74, 6) is -0.130. The lowest BCUT2D eigenvalue weighted by atomic mass is 10.0. The van der Waals surface area contributed by atoms with Crippen LogP contribution in [0.3, 0.4) is 0 Å². The summed E-state index contributed by atoms with van der Waals surface area (Å²) in [5, 5.41) is 6.11. The summed E-state index contributed by atoms with van der Waals surface area (Å²) in [4.78, 5) is 26.1. The first-order valence-electron chi connectivity index (χ1n) is 9.17. The summed E-state index contributed by atoms with van der Waals surface area (Å²) in [7, 11) is 0. The third kappa shape index (κ3) is 4.84. The topological polar surface area (TPSA) is 109 Å². The van der Waals surface area contributed by atoms with Crippen LogP contribution in [0.25, 0.3) is 10.9 Å². The molecular formula is C21H23FN4O3. The van der Waals surface area contributed by atoms with Crippen LogP contribution in [0, 0.1) is 19.7 Å². The van der Waals surface area contributed by atoms with E-state index in [4.69, 9.17) is 10.5 Å². The highest BCUT2D eigenvalue weighted by Crippen LogP contribution is 2.27. The van der Waals surface area contributed by atoms with Crippen LogP contribution in [0.1, 0.15) is 16.8 Å². The number of primary amides is 1. The normalized spacial score (nSPS) is 10.7. The van der Waals surface area contributed by atoms with Gasteiger partial charge in [-0.2, -0.15) is 0 Å². The molecule has 0 aliphatic carbocycles. The number of nitrogens with one attached hydrogen (secondary N) is 3. The molecular weight excluding hydrogens is 375 g/mol. The van der Waals surface area contributed by atoms with Gasteiger partial charge < -0.3 is 26.1 Å². The van der Waals surface area contributed by atoms with E-state index in [-0.39, 0.29) is 18.3 Å². The number of nitrogens with two attached hydrogens (primary N) is 1. The van der Waals surface area contributed by atoms with Gasteiger partial charge in [0.2, 0.25) is 0 Å². The van der Waals surface area contributed by atoms with Crippen molar-refractivity contribution < 1.29 is 18.7 Å². The Bertz CT molecular complexity index is 1060. The third-order valence-corrected chi connectivity index (χ3v) is 4.60. The van der Waals surface area contributed by atoms with Crippen LogP contribution in [0.15, 0.2) is 36.4 Å². The van der Waals surface area contributed by atoms with E-state index < -0.39 is 6.03 Å². The SMILES string of the molecule is Cc1[nH]c2c(F)ccc(C)c2c1CCNC(=O)COc1cccc(NC(N)=O)c1. The number of rotatable bonds is 7. The van der Waals surface area contributed by atoms with E-state index in [0.29, 0.717) is 29.9 Å². The molecule has 0 saturated carbocycles. The number of aryl methyl sites for hydroxylation is 2. The van der Waals surface area contributed by atoms with Crippen LogP contribution < -0.4 is 21.1 Å². The molecule has 3 aromatic rings. The monoisotopic (exact) mass is 398 g/mol. The number of halogens is 1. The molecule has 0 radical (unpaired) electrons. The Hall–Kier alpha value is -3.55. The molecule has 8 heteroatoms. The Labute approximate surface area is 167 Å². The van der Waals surface area contributed by atoms with Gasteiger partial charge in [0, 0.05) is 29.4 Å². The molecule has 0 bridgehead atoms. The van der Waals surface area contributed by atoms with Crippen LogP contribution in [0.5, 0.6) is 5.75 Å². The minimum absolute atomic E-state index is 0.166. The average Bonchev–Trinajstić information content (AvgIpc) is 3.01. The maximum absolute atomic E-state index is 14.0. The molecule has 152 valence electrons. The molecule has 3 amide bonds. The van der Waals surface area contributed by atoms with E-state index >= 15 is 0 Å². The summed E-state index contributed by atoms with van der Waals surface area (Å²) in [6, 6.07) is 9.11. The van der Waals surface area contributed by atoms with Crippen molar-refractivity contribution >= 4 is 28.5 Å². The molecule has 5 N–H and O–H groups in total. The minimum Gasteiger partial charge on any atom is -0.484 e. The number of fused-ring (bicyclic) bond motifs is 1. The molecule has 1 heterocycles. The first-order chi connectivity index (χ1) is 13.8. The number of anilines is 1. The smallest absolute Gasteiger partial charge is 0.316 e. The predicted molar refractivity (Wildman–Crippen MR) is 110 cm³/mol. The second-order valence-corrected chi connectivity index (χ2v) is 6.75. The van der Waals surface area contributed by atoms with Gasteiger partial charge in [-0.3, -0.25) is 4.79 Å². The number of urea groups is 1. The van der Waals surface area contributed by atoms with E-state index in [2.05, 4.69) is 15.6 Å². The summed E-state index contributed by atoms with van der Waals surface area (Å²) in [6.07, 6.45) is 0.569. The highest BCUT2D eigenvalue weighted by Gasteiger charge is 2.14. The second kappa shape index (κ2) is 8.64. The largest absolute Gasteiger partial charge is 0.484 e. The summed E-state index contributed by atoms with van der Waals surface area (Å²) < 4.78 is 19.5. The van der Waals surface area contributed by atoms with Crippen LogP contribution in [0.2, 0.25) is 0 Å². The molecule has 7 nitrogen and oxygen atoms in total. The lowest BCUT2D eigenvalue weighted by molar-refractivity contribution is -0.123. The zero-order chi connectivity index (χ0) is 21.0. The van der Waals surface area contributed by atoms with Gasteiger partial charge in [-0.25, -0.2) is 9.18 Å². The first-order valence-corrected chi connectivity index (χ1v) is 9.17. The Morgan fingerprint density at radius 1 is 1.21 bits per heavy atom. The van der Waals surface area contributed by atoms with Crippen molar-refractivity contribution in [1.82, 2.24) is 10.3 Å². The molecule has 0 atom stereocenters. The Morgan fingerprint density at radius 2 is 2.00 bits per heavy atom. The molecule has 29 heavy (non-hydrogen) atoms. The molecule has 0 aliphatic rings. The van der Waals surface area contributed by atoms with E-state index in [0.717, 1.165) is 22.2 Å². The Kier molecular flexibility index (Phi) is 6.01. The van der Waals surface area contributed by atoms with Crippen LogP contribution in [-0.4, -0.2) is 30.1 Å². The summed E-state index contributed by atoms with van der Waals surface area (Å²) in [5.41, 5.74) is 8.91. The highest BCUT2D eigenvalue weighted by atomic mass is 19.1. The number of ether oxygens (including phenoxy) is 1. The van der Waals surface area contributed by atoms with Gasteiger partial charge in [0.1, 0.15) is 11.6 Å². The summed E-state index contributed by atoms with van der Waals surface area (Å²) >= 11 is 0. The van der Waals surface area contributed by atoms with Crippen LogP contribution >= 0.6 is 0 Å². The lowest BCUT2D eigenvalue weighted by Gasteiger charge is -2.09. The highest BCUT2D eigenvalue weighted by molar-refractivity contribution is 5.89. The second-order valence-electron chi connectivity index (χ2n) is 6.75. The molecule has 3 rings (SSSR count). The van der Waals surface area contributed by atoms with Crippen molar-refractivity contribution in [3.63, 3.8) is 0 Å². The van der Waals surface area contributed by atoms with Crippen LogP contribution in [0.4, 0.5) is 14.9 Å². The quantitative estimate of drug-likeness (QED) is 0.491. The Morgan fingerprint density at radius 3 is 2.76 bits per heavy atom. The van der Waals surface area contributed by atoms with Gasteiger partial charge in [-0.1, -0.05) is 12.1 Å². The fourth-order valence-electron chi connectivity index (χ4n) is 3.29. The zero-order valence-electron chi connectivity index (χ0n) is 16.3. The maximum atomic E-state index is 14.0. The van der Waals surface area contributed by atoms with Crippen molar-refractivity contribution in [2.24, 2.45) is 5.73 Å². The minimum atomic E-state index is -0.678. The van der Waals surface area contributed by atoms with Crippen molar-refractivity contribution in [2.75, 3.05) is 18.5 Å². The summed E-state index contributed by atoms with van der Waals surface area (Å²) in [6.45, 7) is 4.06. The maximum Gasteiger partial charge on any atom is 0.316 e. The number of aromatic nitrogens is 1. The molecule has 0 aliphatic heterocycles. The first kappa shape index (κ1) is 20.2. The molecule has 0 fully saturated rings. The number of hydrogen-bond donors (Lipinski definition) is 4. The van der Waals surface area contributed by atoms with E-state index in [1.54, 1.807) is 30.3 Å². The number of carbonyl (C=O) groups is 2. The third-order valence-electron chi connectivity index (χ3n) is 4.60.